The lowest BCUT2D eigenvalue weighted by molar-refractivity contribution is -0.135. The van der Waals surface area contributed by atoms with E-state index < -0.39 is 12.6 Å². The molecular formula is C13H15F3N4. The second-order valence-electron chi connectivity index (χ2n) is 4.52. The van der Waals surface area contributed by atoms with Gasteiger partial charge in [0.1, 0.15) is 5.82 Å². The van der Waals surface area contributed by atoms with Crippen molar-refractivity contribution in [1.29, 1.82) is 0 Å². The van der Waals surface area contributed by atoms with Gasteiger partial charge in [-0.15, -0.1) is 0 Å². The van der Waals surface area contributed by atoms with E-state index in [1.807, 2.05) is 10.6 Å². The summed E-state index contributed by atoms with van der Waals surface area (Å²) in [4.78, 5) is 8.02. The average molecular weight is 284 g/mol. The van der Waals surface area contributed by atoms with Gasteiger partial charge in [0.2, 0.25) is 0 Å². The van der Waals surface area contributed by atoms with Crippen LogP contribution in [0.4, 0.5) is 19.0 Å². The van der Waals surface area contributed by atoms with Crippen LogP contribution in [-0.2, 0) is 6.54 Å². The van der Waals surface area contributed by atoms with Crippen molar-refractivity contribution in [3.05, 3.63) is 30.9 Å². The monoisotopic (exact) mass is 284 g/mol. The summed E-state index contributed by atoms with van der Waals surface area (Å²) in [5.74, 6) is 0.421. The summed E-state index contributed by atoms with van der Waals surface area (Å²) in [6.07, 6.45) is 0.625. The molecule has 0 amide bonds. The maximum absolute atomic E-state index is 12.1. The van der Waals surface area contributed by atoms with Crippen molar-refractivity contribution in [3.8, 4) is 11.3 Å². The molecule has 0 unspecified atom stereocenters. The minimum Gasteiger partial charge on any atom is -0.384 e. The Labute approximate surface area is 114 Å². The number of aromatic nitrogens is 3. The third kappa shape index (κ3) is 3.97. The summed E-state index contributed by atoms with van der Waals surface area (Å²) in [6.45, 7) is 0.496. The van der Waals surface area contributed by atoms with Crippen LogP contribution in [0.15, 0.2) is 30.9 Å². The SMILES string of the molecule is Nc1ccc(-c2cncn2CCCCC(F)(F)F)cn1. The van der Waals surface area contributed by atoms with Crippen LogP contribution in [0.5, 0.6) is 0 Å². The molecule has 0 aliphatic carbocycles. The van der Waals surface area contributed by atoms with E-state index in [-0.39, 0.29) is 6.42 Å². The van der Waals surface area contributed by atoms with Gasteiger partial charge in [0.25, 0.3) is 0 Å². The van der Waals surface area contributed by atoms with Crippen LogP contribution in [0, 0.1) is 0 Å². The van der Waals surface area contributed by atoms with E-state index in [9.17, 15) is 13.2 Å². The number of hydrogen-bond donors (Lipinski definition) is 1. The molecule has 2 heterocycles. The molecule has 0 atom stereocenters. The Morgan fingerprint density at radius 2 is 1.95 bits per heavy atom. The molecule has 4 nitrogen and oxygen atoms in total. The Morgan fingerprint density at radius 1 is 1.15 bits per heavy atom. The number of nitrogens with two attached hydrogens (primary N) is 1. The largest absolute Gasteiger partial charge is 0.389 e. The summed E-state index contributed by atoms with van der Waals surface area (Å²) in [5.41, 5.74) is 7.18. The van der Waals surface area contributed by atoms with Crippen molar-refractivity contribution in [2.75, 3.05) is 5.73 Å². The third-order valence-electron chi connectivity index (χ3n) is 2.90. The highest BCUT2D eigenvalue weighted by Gasteiger charge is 2.25. The second-order valence-corrected chi connectivity index (χ2v) is 4.52. The minimum absolute atomic E-state index is 0.112. The van der Waals surface area contributed by atoms with Gasteiger partial charge in [-0.05, 0) is 25.0 Å². The number of rotatable bonds is 5. The Kier molecular flexibility index (Phi) is 4.26. The average Bonchev–Trinajstić information content (AvgIpc) is 2.83. The number of nitrogens with zero attached hydrogens (tertiary/aromatic N) is 3. The molecule has 2 rings (SSSR count). The van der Waals surface area contributed by atoms with E-state index in [2.05, 4.69) is 9.97 Å². The normalized spacial score (nSPS) is 11.8. The quantitative estimate of drug-likeness (QED) is 0.857. The van der Waals surface area contributed by atoms with Gasteiger partial charge in [-0.25, -0.2) is 9.97 Å². The van der Waals surface area contributed by atoms with Gasteiger partial charge in [-0.2, -0.15) is 13.2 Å². The molecule has 0 fully saturated rings. The van der Waals surface area contributed by atoms with Gasteiger partial charge in [-0.1, -0.05) is 0 Å². The van der Waals surface area contributed by atoms with Gasteiger partial charge >= 0.3 is 6.18 Å². The molecule has 108 valence electrons. The van der Waals surface area contributed by atoms with Crippen molar-refractivity contribution in [3.63, 3.8) is 0 Å². The lowest BCUT2D eigenvalue weighted by Crippen LogP contribution is -2.07. The molecule has 2 aromatic heterocycles. The number of anilines is 1. The van der Waals surface area contributed by atoms with Gasteiger partial charge in [0, 0.05) is 24.7 Å². The molecule has 2 aromatic rings. The lowest BCUT2D eigenvalue weighted by Gasteiger charge is -2.09. The number of pyridine rings is 1. The molecule has 20 heavy (non-hydrogen) atoms. The summed E-state index contributed by atoms with van der Waals surface area (Å²) in [5, 5.41) is 0. The van der Waals surface area contributed by atoms with Crippen molar-refractivity contribution < 1.29 is 13.2 Å². The van der Waals surface area contributed by atoms with Crippen LogP contribution in [-0.4, -0.2) is 20.7 Å². The molecule has 0 aliphatic rings. The predicted molar refractivity (Wildman–Crippen MR) is 69.8 cm³/mol. The second kappa shape index (κ2) is 5.94. The van der Waals surface area contributed by atoms with Gasteiger partial charge in [0.05, 0.1) is 18.2 Å². The number of nitrogen functional groups attached to an aromatic ring is 1. The number of halogens is 3. The predicted octanol–water partition coefficient (Wildman–Crippen LogP) is 3.26. The summed E-state index contributed by atoms with van der Waals surface area (Å²) >= 11 is 0. The maximum Gasteiger partial charge on any atom is 0.389 e. The Morgan fingerprint density at radius 3 is 2.60 bits per heavy atom. The fourth-order valence-electron chi connectivity index (χ4n) is 1.90. The van der Waals surface area contributed by atoms with Crippen molar-refractivity contribution in [1.82, 2.24) is 14.5 Å². The zero-order valence-electron chi connectivity index (χ0n) is 10.8. The molecule has 7 heteroatoms. The van der Waals surface area contributed by atoms with E-state index in [1.54, 1.807) is 24.8 Å². The smallest absolute Gasteiger partial charge is 0.384 e. The highest BCUT2D eigenvalue weighted by Crippen LogP contribution is 2.23. The molecule has 0 saturated carbocycles. The lowest BCUT2D eigenvalue weighted by atomic mass is 10.2. The van der Waals surface area contributed by atoms with E-state index >= 15 is 0 Å². The first-order chi connectivity index (χ1) is 9.46. The fraction of sp³-hybridized carbons (Fsp3) is 0.385. The zero-order valence-corrected chi connectivity index (χ0v) is 10.8. The first kappa shape index (κ1) is 14.4. The van der Waals surface area contributed by atoms with E-state index in [0.717, 1.165) is 11.3 Å². The van der Waals surface area contributed by atoms with Crippen LogP contribution in [0.1, 0.15) is 19.3 Å². The van der Waals surface area contributed by atoms with Crippen molar-refractivity contribution >= 4 is 5.82 Å². The topological polar surface area (TPSA) is 56.7 Å². The number of imidazole rings is 1. The van der Waals surface area contributed by atoms with Gasteiger partial charge < -0.3 is 10.3 Å². The Bertz CT molecular complexity index is 545. The Hall–Kier alpha value is -2.05. The number of alkyl halides is 3. The zero-order chi connectivity index (χ0) is 14.6. The number of unbranched alkanes of at least 4 members (excludes halogenated alkanes) is 1. The van der Waals surface area contributed by atoms with Crippen LogP contribution < -0.4 is 5.73 Å². The molecule has 2 N–H and O–H groups in total. The summed E-state index contributed by atoms with van der Waals surface area (Å²) < 4.78 is 38.0. The van der Waals surface area contributed by atoms with Crippen molar-refractivity contribution in [2.45, 2.75) is 32.0 Å². The first-order valence-electron chi connectivity index (χ1n) is 6.24. The highest BCUT2D eigenvalue weighted by atomic mass is 19.4. The fourth-order valence-corrected chi connectivity index (χ4v) is 1.90. The molecule has 0 spiro atoms. The van der Waals surface area contributed by atoms with Crippen LogP contribution >= 0.6 is 0 Å². The summed E-state index contributed by atoms with van der Waals surface area (Å²) in [6, 6.07) is 3.49. The Balaban J connectivity index is 1.97. The third-order valence-corrected chi connectivity index (χ3v) is 2.90. The van der Waals surface area contributed by atoms with E-state index in [0.29, 0.717) is 18.8 Å². The van der Waals surface area contributed by atoms with Crippen molar-refractivity contribution in [2.24, 2.45) is 0 Å². The van der Waals surface area contributed by atoms with Crippen LogP contribution in [0.3, 0.4) is 0 Å². The van der Waals surface area contributed by atoms with Crippen LogP contribution in [0.25, 0.3) is 11.3 Å². The molecular weight excluding hydrogens is 269 g/mol. The minimum atomic E-state index is -4.08. The maximum atomic E-state index is 12.1. The molecule has 0 radical (unpaired) electrons. The van der Waals surface area contributed by atoms with Crippen LogP contribution in [0.2, 0.25) is 0 Å². The molecule has 0 aliphatic heterocycles. The highest BCUT2D eigenvalue weighted by molar-refractivity contribution is 5.59. The molecule has 0 aromatic carbocycles. The van der Waals surface area contributed by atoms with E-state index in [1.165, 1.54) is 0 Å². The molecule has 0 bridgehead atoms. The van der Waals surface area contributed by atoms with Gasteiger partial charge in [0.15, 0.2) is 0 Å². The standard InChI is InChI=1S/C13H15F3N4/c14-13(15,16)5-1-2-6-20-9-18-8-11(20)10-3-4-12(17)19-7-10/h3-4,7-9H,1-2,5-6H2,(H2,17,19). The molecule has 0 saturated heterocycles. The summed E-state index contributed by atoms with van der Waals surface area (Å²) in [7, 11) is 0. The first-order valence-corrected chi connectivity index (χ1v) is 6.24. The number of aryl methyl sites for hydroxylation is 1. The van der Waals surface area contributed by atoms with E-state index in [4.69, 9.17) is 5.73 Å². The van der Waals surface area contributed by atoms with Gasteiger partial charge in [-0.3, -0.25) is 0 Å². The number of hydrogen-bond acceptors (Lipinski definition) is 3.